The predicted octanol–water partition coefficient (Wildman–Crippen LogP) is 3.87. The molecule has 1 N–H and O–H groups in total. The number of amides is 1. The summed E-state index contributed by atoms with van der Waals surface area (Å²) in [5, 5.41) is 11.3. The number of nitrogens with zero attached hydrogens (tertiary/aromatic N) is 2. The van der Waals surface area contributed by atoms with Crippen molar-refractivity contribution in [3.05, 3.63) is 59.2 Å². The van der Waals surface area contributed by atoms with E-state index in [1.807, 2.05) is 0 Å². The highest BCUT2D eigenvalue weighted by molar-refractivity contribution is 6.46. The average Bonchev–Trinajstić information content (AvgIpc) is 3.15. The zero-order valence-corrected chi connectivity index (χ0v) is 21.0. The molecule has 1 amide bonds. The molecule has 0 spiro atoms. The first-order valence-electron chi connectivity index (χ1n) is 11.8. The van der Waals surface area contributed by atoms with Crippen LogP contribution in [0.4, 0.5) is 0 Å². The number of aliphatic hydroxyl groups excluding tert-OH is 1. The van der Waals surface area contributed by atoms with Gasteiger partial charge in [0, 0.05) is 17.7 Å². The van der Waals surface area contributed by atoms with Crippen LogP contribution in [-0.4, -0.2) is 74.1 Å². The van der Waals surface area contributed by atoms with Gasteiger partial charge < -0.3 is 29.1 Å². The van der Waals surface area contributed by atoms with E-state index >= 15 is 0 Å². The first-order chi connectivity index (χ1) is 16.9. The second kappa shape index (κ2) is 11.8. The molecule has 0 saturated carbocycles. The van der Waals surface area contributed by atoms with E-state index in [1.54, 1.807) is 56.7 Å². The Morgan fingerprint density at radius 1 is 0.943 bits per heavy atom. The fraction of sp³-hybridized carbons (Fsp3) is 0.407. The van der Waals surface area contributed by atoms with Gasteiger partial charge in [-0.2, -0.15) is 0 Å². The second-order valence-corrected chi connectivity index (χ2v) is 8.21. The molecule has 1 saturated heterocycles. The summed E-state index contributed by atoms with van der Waals surface area (Å²) in [5.41, 5.74) is 1.01. The van der Waals surface area contributed by atoms with Crippen molar-refractivity contribution in [1.29, 1.82) is 0 Å². The van der Waals surface area contributed by atoms with Crippen molar-refractivity contribution in [1.82, 2.24) is 9.80 Å². The zero-order chi connectivity index (χ0) is 25.5. The lowest BCUT2D eigenvalue weighted by Crippen LogP contribution is -2.33. The van der Waals surface area contributed by atoms with Crippen molar-refractivity contribution >= 4 is 17.4 Å². The lowest BCUT2D eigenvalue weighted by molar-refractivity contribution is -0.140. The zero-order valence-electron chi connectivity index (χ0n) is 21.0. The molecule has 35 heavy (non-hydrogen) atoms. The molecule has 1 aliphatic heterocycles. The number of carbonyl (C=O) groups is 2. The topological polar surface area (TPSA) is 88.5 Å². The van der Waals surface area contributed by atoms with E-state index in [1.165, 1.54) is 12.0 Å². The number of methoxy groups -OCH3 is 3. The monoisotopic (exact) mass is 482 g/mol. The number of ketones is 1. The Balaban J connectivity index is 2.12. The smallest absolute Gasteiger partial charge is 0.295 e. The molecule has 0 radical (unpaired) electrons. The standard InChI is InChI=1S/C27H34N2O6/c1-6-28(7-2)15-8-16-29-24(21-17-20(34-4)13-14-22(21)35-5)23(26(31)27(29)32)25(30)18-9-11-19(33-3)12-10-18/h9-14,17,24,30H,6-8,15-16H2,1-5H3/t24-/m0/s1. The van der Waals surface area contributed by atoms with Gasteiger partial charge in [0.25, 0.3) is 11.7 Å². The Kier molecular flexibility index (Phi) is 8.76. The van der Waals surface area contributed by atoms with Crippen LogP contribution in [0.1, 0.15) is 37.4 Å². The highest BCUT2D eigenvalue weighted by atomic mass is 16.5. The number of benzene rings is 2. The van der Waals surface area contributed by atoms with Gasteiger partial charge in [-0.3, -0.25) is 9.59 Å². The van der Waals surface area contributed by atoms with E-state index in [-0.39, 0.29) is 11.3 Å². The van der Waals surface area contributed by atoms with Gasteiger partial charge in [0.05, 0.1) is 32.9 Å². The van der Waals surface area contributed by atoms with Crippen molar-refractivity contribution < 1.29 is 28.9 Å². The van der Waals surface area contributed by atoms with Crippen molar-refractivity contribution in [3.63, 3.8) is 0 Å². The van der Waals surface area contributed by atoms with Crippen LogP contribution in [0.15, 0.2) is 48.0 Å². The molecule has 0 aliphatic carbocycles. The predicted molar refractivity (Wildman–Crippen MR) is 134 cm³/mol. The third-order valence-electron chi connectivity index (χ3n) is 6.40. The average molecular weight is 483 g/mol. The first kappa shape index (κ1) is 26.1. The first-order valence-corrected chi connectivity index (χ1v) is 11.8. The maximum Gasteiger partial charge on any atom is 0.295 e. The van der Waals surface area contributed by atoms with Crippen LogP contribution in [0.3, 0.4) is 0 Å². The van der Waals surface area contributed by atoms with Crippen molar-refractivity contribution in [3.8, 4) is 17.2 Å². The molecule has 3 rings (SSSR count). The van der Waals surface area contributed by atoms with Gasteiger partial charge in [-0.25, -0.2) is 0 Å². The highest BCUT2D eigenvalue weighted by Crippen LogP contribution is 2.44. The number of hydrogen-bond donors (Lipinski definition) is 1. The van der Waals surface area contributed by atoms with Crippen LogP contribution in [0.5, 0.6) is 17.2 Å². The van der Waals surface area contributed by atoms with Gasteiger partial charge in [-0.1, -0.05) is 13.8 Å². The van der Waals surface area contributed by atoms with Crippen LogP contribution in [0, 0.1) is 0 Å². The normalized spacial score (nSPS) is 17.2. The minimum atomic E-state index is -0.821. The maximum atomic E-state index is 13.3. The summed E-state index contributed by atoms with van der Waals surface area (Å²) < 4.78 is 16.2. The molecule has 1 fully saturated rings. The Hall–Kier alpha value is -3.52. The van der Waals surface area contributed by atoms with Gasteiger partial charge in [0.15, 0.2) is 0 Å². The van der Waals surface area contributed by atoms with Crippen LogP contribution >= 0.6 is 0 Å². The Morgan fingerprint density at radius 3 is 2.14 bits per heavy atom. The summed E-state index contributed by atoms with van der Waals surface area (Å²) in [6, 6.07) is 11.1. The number of carbonyl (C=O) groups excluding carboxylic acids is 2. The lowest BCUT2D eigenvalue weighted by atomic mass is 9.94. The van der Waals surface area contributed by atoms with Gasteiger partial charge in [-0.15, -0.1) is 0 Å². The summed E-state index contributed by atoms with van der Waals surface area (Å²) in [6.07, 6.45) is 0.681. The van der Waals surface area contributed by atoms with E-state index in [0.717, 1.165) is 19.6 Å². The number of likely N-dealkylation sites (tertiary alicyclic amines) is 1. The van der Waals surface area contributed by atoms with Crippen molar-refractivity contribution in [2.45, 2.75) is 26.3 Å². The molecule has 188 valence electrons. The van der Waals surface area contributed by atoms with E-state index in [9.17, 15) is 14.7 Å². The fourth-order valence-corrected chi connectivity index (χ4v) is 4.40. The summed E-state index contributed by atoms with van der Waals surface area (Å²) in [5.74, 6) is 0.0492. The molecule has 0 unspecified atom stereocenters. The van der Waals surface area contributed by atoms with Gasteiger partial charge >= 0.3 is 0 Å². The molecule has 8 nitrogen and oxygen atoms in total. The summed E-state index contributed by atoms with van der Waals surface area (Å²) in [4.78, 5) is 30.3. The number of hydrogen-bond acceptors (Lipinski definition) is 7. The van der Waals surface area contributed by atoms with Crippen LogP contribution in [0.25, 0.3) is 5.76 Å². The largest absolute Gasteiger partial charge is 0.507 e. The Labute approximate surface area is 206 Å². The summed E-state index contributed by atoms with van der Waals surface area (Å²) in [7, 11) is 4.62. The van der Waals surface area contributed by atoms with E-state index in [4.69, 9.17) is 14.2 Å². The molecule has 1 atom stereocenters. The van der Waals surface area contributed by atoms with E-state index in [2.05, 4.69) is 18.7 Å². The van der Waals surface area contributed by atoms with Crippen molar-refractivity contribution in [2.75, 3.05) is 47.5 Å². The molecule has 0 bridgehead atoms. The number of rotatable bonds is 11. The molecule has 2 aromatic carbocycles. The van der Waals surface area contributed by atoms with Crippen LogP contribution < -0.4 is 14.2 Å². The molecule has 2 aromatic rings. The molecule has 8 heteroatoms. The molecule has 1 aliphatic rings. The SMILES string of the molecule is CCN(CC)CCCN1C(=O)C(=O)C(=C(O)c2ccc(OC)cc2)[C@@H]1c1cc(OC)ccc1OC. The molecular formula is C27H34N2O6. The van der Waals surface area contributed by atoms with Crippen molar-refractivity contribution in [2.24, 2.45) is 0 Å². The summed E-state index contributed by atoms with van der Waals surface area (Å²) >= 11 is 0. The van der Waals surface area contributed by atoms with Crippen LogP contribution in [-0.2, 0) is 9.59 Å². The minimum Gasteiger partial charge on any atom is -0.507 e. The molecule has 0 aromatic heterocycles. The van der Waals surface area contributed by atoms with E-state index in [0.29, 0.717) is 41.3 Å². The third-order valence-corrected chi connectivity index (χ3v) is 6.40. The van der Waals surface area contributed by atoms with Gasteiger partial charge in [0.2, 0.25) is 0 Å². The quantitative estimate of drug-likeness (QED) is 0.296. The Bertz CT molecular complexity index is 1080. The Morgan fingerprint density at radius 2 is 1.57 bits per heavy atom. The van der Waals surface area contributed by atoms with Gasteiger partial charge in [0.1, 0.15) is 23.0 Å². The number of ether oxygens (including phenoxy) is 3. The summed E-state index contributed by atoms with van der Waals surface area (Å²) in [6.45, 7) is 7.12. The number of Topliss-reactive ketones (excluding diaryl/α,β-unsaturated/α-hetero) is 1. The fourth-order valence-electron chi connectivity index (χ4n) is 4.40. The lowest BCUT2D eigenvalue weighted by Gasteiger charge is -2.28. The molecule has 1 heterocycles. The number of aliphatic hydroxyl groups is 1. The third kappa shape index (κ3) is 5.43. The highest BCUT2D eigenvalue weighted by Gasteiger charge is 2.47. The second-order valence-electron chi connectivity index (χ2n) is 8.21. The van der Waals surface area contributed by atoms with Gasteiger partial charge in [-0.05, 0) is 68.5 Å². The molecular weight excluding hydrogens is 448 g/mol. The maximum absolute atomic E-state index is 13.3. The minimum absolute atomic E-state index is 0.0227. The van der Waals surface area contributed by atoms with E-state index < -0.39 is 17.7 Å². The van der Waals surface area contributed by atoms with Crippen LogP contribution in [0.2, 0.25) is 0 Å².